The zero-order chi connectivity index (χ0) is 27.2. The number of fused-ring (bicyclic) bond motifs is 2. The van der Waals surface area contributed by atoms with Crippen LogP contribution in [0.2, 0.25) is 0 Å². The minimum Gasteiger partial charge on any atom is -0.374 e. The first kappa shape index (κ1) is 25.7. The van der Waals surface area contributed by atoms with E-state index in [2.05, 4.69) is 44.5 Å². The fourth-order valence-electron chi connectivity index (χ4n) is 7.26. The molecule has 11 nitrogen and oxygen atoms in total. The van der Waals surface area contributed by atoms with E-state index in [0.29, 0.717) is 41.9 Å². The van der Waals surface area contributed by atoms with Crippen LogP contribution in [-0.2, 0) is 11.3 Å². The van der Waals surface area contributed by atoms with Gasteiger partial charge < -0.3 is 19.5 Å². The van der Waals surface area contributed by atoms with Gasteiger partial charge in [-0.05, 0) is 82.5 Å². The molecule has 0 bridgehead atoms. The van der Waals surface area contributed by atoms with Crippen molar-refractivity contribution in [2.45, 2.75) is 95.9 Å². The summed E-state index contributed by atoms with van der Waals surface area (Å²) in [5.41, 5.74) is 1.55. The van der Waals surface area contributed by atoms with E-state index in [-0.39, 0.29) is 18.0 Å². The van der Waals surface area contributed by atoms with Crippen molar-refractivity contribution in [2.75, 3.05) is 23.4 Å². The zero-order valence-corrected chi connectivity index (χ0v) is 23.3. The molecule has 3 atom stereocenters. The van der Waals surface area contributed by atoms with Crippen molar-refractivity contribution in [2.24, 2.45) is 17.8 Å². The SMILES string of the molecule is C=C[C@H]1CC[C@H](Cn2c(N3CCOC4CCCC43)nc3nc(-c4noc(=O)[nH]4)nc(N[C@H](C)C4CCC4)c32)CC1. The molecule has 0 spiro atoms. The number of nitrogens with one attached hydrogen (secondary N) is 2. The van der Waals surface area contributed by atoms with Gasteiger partial charge >= 0.3 is 5.76 Å². The standard InChI is InChI=1S/C29H40N8O3/c1-3-18-10-12-19(13-11-18)16-37-23-24(30-17(2)20-6-4-7-20)31-26(27-34-29(38)40-35-27)32-25(23)33-28(37)36-14-15-39-22-9-5-8-21(22)36/h3,17-22H,1,4-16H2,2H3,(H,30,31,32)(H,34,35,38)/t17-,18-,19-,21?,22?/m1/s1. The summed E-state index contributed by atoms with van der Waals surface area (Å²) in [5.74, 6) is 3.39. The lowest BCUT2D eigenvalue weighted by Gasteiger charge is -2.39. The van der Waals surface area contributed by atoms with Crippen LogP contribution in [0.4, 0.5) is 11.8 Å². The monoisotopic (exact) mass is 548 g/mol. The van der Waals surface area contributed by atoms with Crippen LogP contribution >= 0.6 is 0 Å². The molecule has 3 aromatic rings. The van der Waals surface area contributed by atoms with Gasteiger partial charge in [0.05, 0.1) is 18.8 Å². The molecule has 4 aliphatic rings. The summed E-state index contributed by atoms with van der Waals surface area (Å²) in [6.45, 7) is 8.67. The fraction of sp³-hybridized carbons (Fsp3) is 0.690. The van der Waals surface area contributed by atoms with Gasteiger partial charge in [-0.15, -0.1) is 6.58 Å². The van der Waals surface area contributed by atoms with E-state index in [1.54, 1.807) is 0 Å². The molecule has 2 unspecified atom stereocenters. The average Bonchev–Trinajstić information content (AvgIpc) is 3.66. The Bertz CT molecular complexity index is 1420. The average molecular weight is 549 g/mol. The predicted octanol–water partition coefficient (Wildman–Crippen LogP) is 4.52. The van der Waals surface area contributed by atoms with Crippen molar-refractivity contribution in [3.8, 4) is 11.6 Å². The van der Waals surface area contributed by atoms with Gasteiger partial charge in [-0.3, -0.25) is 9.51 Å². The van der Waals surface area contributed by atoms with Crippen LogP contribution in [0.15, 0.2) is 22.0 Å². The van der Waals surface area contributed by atoms with Crippen molar-refractivity contribution in [1.29, 1.82) is 0 Å². The molecule has 40 heavy (non-hydrogen) atoms. The highest BCUT2D eigenvalue weighted by Gasteiger charge is 2.39. The Kier molecular flexibility index (Phi) is 6.85. The molecule has 4 heterocycles. The summed E-state index contributed by atoms with van der Waals surface area (Å²) in [4.78, 5) is 31.8. The summed E-state index contributed by atoms with van der Waals surface area (Å²) in [6, 6.07) is 0.582. The molecule has 7 rings (SSSR count). The lowest BCUT2D eigenvalue weighted by atomic mass is 9.80. The molecule has 0 amide bonds. The molecule has 0 radical (unpaired) electrons. The molecule has 2 N–H and O–H groups in total. The van der Waals surface area contributed by atoms with E-state index in [1.807, 2.05) is 0 Å². The van der Waals surface area contributed by atoms with Crippen LogP contribution in [-0.4, -0.2) is 61.0 Å². The maximum absolute atomic E-state index is 11.8. The largest absolute Gasteiger partial charge is 0.439 e. The van der Waals surface area contributed by atoms with Crippen LogP contribution in [0.5, 0.6) is 0 Å². The van der Waals surface area contributed by atoms with Gasteiger partial charge in [-0.1, -0.05) is 17.7 Å². The molecular formula is C29H40N8O3. The highest BCUT2D eigenvalue weighted by atomic mass is 16.5. The summed E-state index contributed by atoms with van der Waals surface area (Å²) in [6.07, 6.45) is 14.2. The number of hydrogen-bond acceptors (Lipinski definition) is 9. The minimum atomic E-state index is -0.627. The lowest BCUT2D eigenvalue weighted by Crippen LogP contribution is -2.49. The van der Waals surface area contributed by atoms with Crippen molar-refractivity contribution in [3.05, 3.63) is 23.2 Å². The number of H-pyrrole nitrogens is 1. The molecule has 0 aromatic carbocycles. The van der Waals surface area contributed by atoms with Gasteiger partial charge in [-0.25, -0.2) is 14.8 Å². The van der Waals surface area contributed by atoms with Gasteiger partial charge in [-0.2, -0.15) is 4.98 Å². The van der Waals surface area contributed by atoms with E-state index in [4.69, 9.17) is 24.2 Å². The normalized spacial score (nSPS) is 27.9. The molecule has 214 valence electrons. The third-order valence-corrected chi connectivity index (χ3v) is 9.86. The van der Waals surface area contributed by atoms with E-state index in [1.165, 1.54) is 51.4 Å². The first-order valence-corrected chi connectivity index (χ1v) is 15.2. The Labute approximate surface area is 233 Å². The summed E-state index contributed by atoms with van der Waals surface area (Å²) < 4.78 is 13.3. The maximum atomic E-state index is 11.8. The van der Waals surface area contributed by atoms with E-state index in [9.17, 15) is 4.79 Å². The highest BCUT2D eigenvalue weighted by molar-refractivity contribution is 5.87. The Morgan fingerprint density at radius 3 is 2.65 bits per heavy atom. The minimum absolute atomic E-state index is 0.215. The fourth-order valence-corrected chi connectivity index (χ4v) is 7.26. The number of anilines is 2. The number of nitrogens with zero attached hydrogens (tertiary/aromatic N) is 6. The van der Waals surface area contributed by atoms with E-state index in [0.717, 1.165) is 43.2 Å². The van der Waals surface area contributed by atoms with Crippen LogP contribution in [0, 0.1) is 17.8 Å². The third kappa shape index (κ3) is 4.71. The quantitative estimate of drug-likeness (QED) is 0.391. The number of morpholine rings is 1. The Hall–Kier alpha value is -3.21. The van der Waals surface area contributed by atoms with Crippen LogP contribution in [0.1, 0.15) is 71.1 Å². The second-order valence-corrected chi connectivity index (χ2v) is 12.3. The van der Waals surface area contributed by atoms with Crippen molar-refractivity contribution >= 4 is 22.9 Å². The number of imidazole rings is 1. The highest BCUT2D eigenvalue weighted by Crippen LogP contribution is 2.39. The predicted molar refractivity (Wildman–Crippen MR) is 152 cm³/mol. The Morgan fingerprint density at radius 2 is 1.93 bits per heavy atom. The lowest BCUT2D eigenvalue weighted by molar-refractivity contribution is 0.0247. The zero-order valence-electron chi connectivity index (χ0n) is 23.3. The summed E-state index contributed by atoms with van der Waals surface area (Å²) in [7, 11) is 0. The number of rotatable bonds is 8. The van der Waals surface area contributed by atoms with Gasteiger partial charge in [0.2, 0.25) is 17.6 Å². The number of aromatic nitrogens is 6. The molecule has 1 saturated heterocycles. The summed E-state index contributed by atoms with van der Waals surface area (Å²) >= 11 is 0. The van der Waals surface area contributed by atoms with E-state index < -0.39 is 5.76 Å². The van der Waals surface area contributed by atoms with Gasteiger partial charge in [0.15, 0.2) is 11.5 Å². The van der Waals surface area contributed by atoms with Crippen LogP contribution < -0.4 is 16.0 Å². The maximum Gasteiger partial charge on any atom is 0.439 e. The number of aromatic amines is 1. The topological polar surface area (TPSA) is 127 Å². The first-order chi connectivity index (χ1) is 19.6. The van der Waals surface area contributed by atoms with Crippen LogP contribution in [0.25, 0.3) is 22.8 Å². The van der Waals surface area contributed by atoms with Crippen molar-refractivity contribution in [3.63, 3.8) is 0 Å². The van der Waals surface area contributed by atoms with E-state index >= 15 is 0 Å². The number of hydrogen-bond donors (Lipinski definition) is 2. The summed E-state index contributed by atoms with van der Waals surface area (Å²) in [5, 5.41) is 7.62. The van der Waals surface area contributed by atoms with Gasteiger partial charge in [0.25, 0.3) is 0 Å². The third-order valence-electron chi connectivity index (χ3n) is 9.86. The molecule has 4 fully saturated rings. The molecule has 3 aliphatic carbocycles. The smallest absolute Gasteiger partial charge is 0.374 e. The Balaban J connectivity index is 1.35. The molecule has 3 aromatic heterocycles. The molecule has 1 aliphatic heterocycles. The number of allylic oxidation sites excluding steroid dienone is 1. The second-order valence-electron chi connectivity index (χ2n) is 12.3. The van der Waals surface area contributed by atoms with Crippen LogP contribution in [0.3, 0.4) is 0 Å². The molecular weight excluding hydrogens is 508 g/mol. The molecule has 11 heteroatoms. The number of ether oxygens (including phenoxy) is 1. The Morgan fingerprint density at radius 1 is 1.10 bits per heavy atom. The van der Waals surface area contributed by atoms with Gasteiger partial charge in [0, 0.05) is 19.1 Å². The molecule has 3 saturated carbocycles. The second kappa shape index (κ2) is 10.6. The van der Waals surface area contributed by atoms with Gasteiger partial charge in [0.1, 0.15) is 5.52 Å². The van der Waals surface area contributed by atoms with Crippen molar-refractivity contribution < 1.29 is 9.26 Å². The van der Waals surface area contributed by atoms with Crippen molar-refractivity contribution in [1.82, 2.24) is 29.7 Å². The first-order valence-electron chi connectivity index (χ1n) is 15.2.